The lowest BCUT2D eigenvalue weighted by Gasteiger charge is -2.34. The van der Waals surface area contributed by atoms with Gasteiger partial charge in [0.1, 0.15) is 23.2 Å². The molecule has 9 heteroatoms. The molecule has 2 aromatic heterocycles. The van der Waals surface area contributed by atoms with Gasteiger partial charge in [0, 0.05) is 45.7 Å². The maximum absolute atomic E-state index is 14.2. The third-order valence-electron chi connectivity index (χ3n) is 9.17. The molecule has 0 radical (unpaired) electrons. The first-order valence-corrected chi connectivity index (χ1v) is 16.1. The number of carbonyl (C=O) groups is 3. The average Bonchev–Trinajstić information content (AvgIpc) is 3.72. The molecule has 3 N–H and O–H groups in total. The number of carbonyl (C=O) groups excluding carboxylic acids is 3. The van der Waals surface area contributed by atoms with Crippen molar-refractivity contribution in [2.24, 2.45) is 13.0 Å². The molecule has 4 aromatic carbocycles. The molecule has 3 heterocycles. The summed E-state index contributed by atoms with van der Waals surface area (Å²) >= 11 is 0. The number of nitrogens with one attached hydrogen (secondary N) is 3. The van der Waals surface area contributed by atoms with Crippen molar-refractivity contribution in [3.8, 4) is 11.5 Å². The molecule has 242 valence electrons. The van der Waals surface area contributed by atoms with E-state index in [-0.39, 0.29) is 17.5 Å². The van der Waals surface area contributed by atoms with Crippen LogP contribution in [0.25, 0.3) is 21.8 Å². The third-order valence-corrected chi connectivity index (χ3v) is 9.17. The van der Waals surface area contributed by atoms with E-state index in [0.717, 1.165) is 38.6 Å². The number of hydrazine groups is 1. The Labute approximate surface area is 278 Å². The van der Waals surface area contributed by atoms with Crippen LogP contribution in [-0.2, 0) is 11.8 Å². The summed E-state index contributed by atoms with van der Waals surface area (Å²) in [7, 11) is 2.02. The highest BCUT2D eigenvalue weighted by molar-refractivity contribution is 6.04. The number of hydrogen-bond donors (Lipinski definition) is 3. The first-order valence-electron chi connectivity index (χ1n) is 16.1. The highest BCUT2D eigenvalue weighted by atomic mass is 16.5. The molecule has 1 aliphatic rings. The maximum atomic E-state index is 14.2. The zero-order chi connectivity index (χ0) is 33.5. The van der Waals surface area contributed by atoms with E-state index >= 15 is 0 Å². The Bertz CT molecular complexity index is 2180. The second-order valence-electron chi connectivity index (χ2n) is 12.7. The minimum atomic E-state index is -0.853. The molecular weight excluding hydrogens is 602 g/mol. The van der Waals surface area contributed by atoms with Crippen LogP contribution < -0.4 is 15.6 Å². The standard InChI is InChI=1S/C39H37N5O4/c1-23(2)20-34(38(46)42-41-37(45)32-22-25-21-27(18-19-31(25)40-32)48-26-12-6-5-7-13-26)44-36(28-14-8-9-15-29(28)39(44)47)35-24(3)43(4)33-17-11-10-16-30(33)35/h5-19,21-23,34,36,40H,20H2,1-4H3,(H,41,45)(H,42,46). The summed E-state index contributed by atoms with van der Waals surface area (Å²) in [5.74, 6) is 0.252. The lowest BCUT2D eigenvalue weighted by atomic mass is 9.93. The number of rotatable bonds is 8. The zero-order valence-corrected chi connectivity index (χ0v) is 27.3. The molecule has 0 spiro atoms. The smallest absolute Gasteiger partial charge is 0.286 e. The third kappa shape index (κ3) is 5.47. The van der Waals surface area contributed by atoms with Crippen LogP contribution in [0.2, 0.25) is 0 Å². The largest absolute Gasteiger partial charge is 0.457 e. The number of benzene rings is 4. The van der Waals surface area contributed by atoms with E-state index in [1.54, 1.807) is 11.0 Å². The first kappa shape index (κ1) is 30.8. The van der Waals surface area contributed by atoms with E-state index in [1.165, 1.54) is 0 Å². The summed E-state index contributed by atoms with van der Waals surface area (Å²) < 4.78 is 8.07. The lowest BCUT2D eigenvalue weighted by Crippen LogP contribution is -2.54. The van der Waals surface area contributed by atoms with Crippen LogP contribution in [0.15, 0.2) is 103 Å². The van der Waals surface area contributed by atoms with Crippen LogP contribution in [0, 0.1) is 12.8 Å². The predicted molar refractivity (Wildman–Crippen MR) is 186 cm³/mol. The Hall–Kier alpha value is -5.83. The Kier molecular flexibility index (Phi) is 7.96. The molecule has 2 unspecified atom stereocenters. The monoisotopic (exact) mass is 639 g/mol. The molecule has 0 saturated heterocycles. The SMILES string of the molecule is Cc1c(C2c3ccccc3C(=O)N2C(CC(C)C)C(=O)NNC(=O)c2cc3cc(Oc4ccccc4)ccc3[nH]2)c2ccccc2n1C. The van der Waals surface area contributed by atoms with Gasteiger partial charge in [0.25, 0.3) is 17.7 Å². The van der Waals surface area contributed by atoms with Gasteiger partial charge in [0.15, 0.2) is 0 Å². The Morgan fingerprint density at radius 3 is 2.40 bits per heavy atom. The molecular formula is C39H37N5O4. The summed E-state index contributed by atoms with van der Waals surface area (Å²) in [5, 5.41) is 1.82. The van der Waals surface area contributed by atoms with Crippen LogP contribution in [0.3, 0.4) is 0 Å². The molecule has 9 nitrogen and oxygen atoms in total. The molecule has 2 atom stereocenters. The van der Waals surface area contributed by atoms with E-state index in [0.29, 0.717) is 23.5 Å². The average molecular weight is 640 g/mol. The number of aryl methyl sites for hydroxylation is 1. The number of aromatic nitrogens is 2. The van der Waals surface area contributed by atoms with Crippen LogP contribution in [0.1, 0.15) is 64.0 Å². The molecule has 48 heavy (non-hydrogen) atoms. The van der Waals surface area contributed by atoms with Crippen molar-refractivity contribution in [3.05, 3.63) is 131 Å². The van der Waals surface area contributed by atoms with Crippen LogP contribution in [0.4, 0.5) is 0 Å². The van der Waals surface area contributed by atoms with Crippen molar-refractivity contribution in [1.29, 1.82) is 0 Å². The van der Waals surface area contributed by atoms with E-state index in [4.69, 9.17) is 4.74 Å². The zero-order valence-electron chi connectivity index (χ0n) is 27.3. The Morgan fingerprint density at radius 1 is 0.875 bits per heavy atom. The van der Waals surface area contributed by atoms with Gasteiger partial charge in [-0.15, -0.1) is 0 Å². The van der Waals surface area contributed by atoms with Crippen molar-refractivity contribution in [3.63, 3.8) is 0 Å². The number of ether oxygens (including phenoxy) is 1. The topological polar surface area (TPSA) is 108 Å². The summed E-state index contributed by atoms with van der Waals surface area (Å²) in [5.41, 5.74) is 10.8. The van der Waals surface area contributed by atoms with Crippen molar-refractivity contribution in [1.82, 2.24) is 25.3 Å². The summed E-state index contributed by atoms with van der Waals surface area (Å²) in [6, 6.07) is 31.0. The van der Waals surface area contributed by atoms with Crippen molar-refractivity contribution in [2.75, 3.05) is 0 Å². The molecule has 0 bridgehead atoms. The van der Waals surface area contributed by atoms with E-state index < -0.39 is 23.9 Å². The summed E-state index contributed by atoms with van der Waals surface area (Å²) in [6.45, 7) is 6.09. The number of aromatic amines is 1. The van der Waals surface area contributed by atoms with E-state index in [1.807, 2.05) is 113 Å². The fourth-order valence-corrected chi connectivity index (χ4v) is 6.83. The number of nitrogens with zero attached hydrogens (tertiary/aromatic N) is 2. The van der Waals surface area contributed by atoms with E-state index in [2.05, 4.69) is 32.5 Å². The Morgan fingerprint density at radius 2 is 1.60 bits per heavy atom. The van der Waals surface area contributed by atoms with Gasteiger partial charge in [0.05, 0.1) is 6.04 Å². The lowest BCUT2D eigenvalue weighted by molar-refractivity contribution is -0.127. The molecule has 3 amide bonds. The van der Waals surface area contributed by atoms with Gasteiger partial charge in [-0.1, -0.05) is 68.4 Å². The van der Waals surface area contributed by atoms with Gasteiger partial charge in [-0.2, -0.15) is 0 Å². The van der Waals surface area contributed by atoms with Crippen LogP contribution in [-0.4, -0.2) is 38.2 Å². The molecule has 1 aliphatic heterocycles. The predicted octanol–water partition coefficient (Wildman–Crippen LogP) is 7.18. The quantitative estimate of drug-likeness (QED) is 0.153. The van der Waals surface area contributed by atoms with Crippen molar-refractivity contribution in [2.45, 2.75) is 39.3 Å². The minimum Gasteiger partial charge on any atom is -0.457 e. The molecule has 0 aliphatic carbocycles. The Balaban J connectivity index is 1.16. The first-order chi connectivity index (χ1) is 23.2. The fourth-order valence-electron chi connectivity index (χ4n) is 6.83. The van der Waals surface area contributed by atoms with Gasteiger partial charge < -0.3 is 19.2 Å². The summed E-state index contributed by atoms with van der Waals surface area (Å²) in [4.78, 5) is 46.4. The van der Waals surface area contributed by atoms with E-state index in [9.17, 15) is 14.4 Å². The highest BCUT2D eigenvalue weighted by Gasteiger charge is 2.45. The van der Waals surface area contributed by atoms with Gasteiger partial charge in [-0.3, -0.25) is 25.2 Å². The van der Waals surface area contributed by atoms with Gasteiger partial charge in [-0.25, -0.2) is 0 Å². The molecule has 0 saturated carbocycles. The van der Waals surface area contributed by atoms with Gasteiger partial charge >= 0.3 is 0 Å². The van der Waals surface area contributed by atoms with Crippen LogP contribution in [0.5, 0.6) is 11.5 Å². The van der Waals surface area contributed by atoms with Gasteiger partial charge in [0.2, 0.25) is 0 Å². The summed E-state index contributed by atoms with van der Waals surface area (Å²) in [6.07, 6.45) is 0.401. The number of hydrogen-bond acceptors (Lipinski definition) is 4. The number of para-hydroxylation sites is 2. The fraction of sp³-hybridized carbons (Fsp3) is 0.205. The van der Waals surface area contributed by atoms with Crippen molar-refractivity contribution >= 4 is 39.5 Å². The molecule has 0 fully saturated rings. The maximum Gasteiger partial charge on any atom is 0.286 e. The molecule has 7 rings (SSSR count). The normalized spacial score (nSPS) is 14.8. The number of fused-ring (bicyclic) bond motifs is 3. The molecule has 6 aromatic rings. The highest BCUT2D eigenvalue weighted by Crippen LogP contribution is 2.45. The van der Waals surface area contributed by atoms with Gasteiger partial charge in [-0.05, 0) is 73.4 Å². The second kappa shape index (κ2) is 12.4. The number of amides is 3. The number of H-pyrrole nitrogens is 1. The minimum absolute atomic E-state index is 0.0863. The van der Waals surface area contributed by atoms with Crippen molar-refractivity contribution < 1.29 is 19.1 Å². The second-order valence-corrected chi connectivity index (χ2v) is 12.7. The van der Waals surface area contributed by atoms with Crippen LogP contribution >= 0.6 is 0 Å².